The van der Waals surface area contributed by atoms with Crippen LogP contribution in [0.15, 0.2) is 77.9 Å². The van der Waals surface area contributed by atoms with Gasteiger partial charge < -0.3 is 5.32 Å². The molecule has 5 rings (SSSR count). The summed E-state index contributed by atoms with van der Waals surface area (Å²) in [6.45, 7) is 8.25. The number of amides is 2. The normalized spacial score (nSPS) is 16.2. The minimum Gasteiger partial charge on any atom is -0.334 e. The Morgan fingerprint density at radius 2 is 1.79 bits per heavy atom. The van der Waals surface area contributed by atoms with Gasteiger partial charge in [-0.1, -0.05) is 50.6 Å². The van der Waals surface area contributed by atoms with E-state index in [0.29, 0.717) is 17.1 Å². The van der Waals surface area contributed by atoms with Crippen LogP contribution in [0.3, 0.4) is 0 Å². The molecule has 9 heteroatoms. The number of halogens is 1. The van der Waals surface area contributed by atoms with Crippen molar-refractivity contribution < 1.29 is 14.0 Å². The second-order valence-corrected chi connectivity index (χ2v) is 10.7. The van der Waals surface area contributed by atoms with Crippen molar-refractivity contribution in [3.05, 3.63) is 101 Å². The molecular weight excluding hydrogens is 495 g/mol. The zero-order chi connectivity index (χ0) is 27.8. The number of anilines is 1. The molecule has 0 saturated heterocycles. The van der Waals surface area contributed by atoms with Gasteiger partial charge in [0.1, 0.15) is 24.9 Å². The van der Waals surface area contributed by atoms with Gasteiger partial charge in [0.15, 0.2) is 5.75 Å². The molecule has 2 heterocycles. The molecule has 1 unspecified atom stereocenters. The Kier molecular flexibility index (Phi) is 6.69. The quantitative estimate of drug-likeness (QED) is 0.292. The first kappa shape index (κ1) is 26.1. The summed E-state index contributed by atoms with van der Waals surface area (Å²) in [7, 11) is 1.80. The molecule has 8 nitrogen and oxygen atoms in total. The van der Waals surface area contributed by atoms with Gasteiger partial charge in [-0.25, -0.2) is 13.9 Å². The van der Waals surface area contributed by atoms with Gasteiger partial charge in [0.05, 0.1) is 16.9 Å². The molecule has 1 atom stereocenters. The lowest BCUT2D eigenvalue weighted by molar-refractivity contribution is -0.0179. The number of quaternary nitrogens is 1. The van der Waals surface area contributed by atoms with Crippen LogP contribution in [0, 0.1) is 12.7 Å². The molecule has 2 N–H and O–H groups in total. The summed E-state index contributed by atoms with van der Waals surface area (Å²) in [6, 6.07) is 21.3. The van der Waals surface area contributed by atoms with Gasteiger partial charge in [-0.3, -0.25) is 10.2 Å². The second-order valence-electron chi connectivity index (χ2n) is 10.7. The lowest BCUT2D eigenvalue weighted by Gasteiger charge is -2.23. The first-order chi connectivity index (χ1) is 18.5. The average molecular weight is 528 g/mol. The molecule has 0 spiro atoms. The van der Waals surface area contributed by atoms with E-state index in [1.54, 1.807) is 24.0 Å². The molecule has 2 amide bonds. The minimum absolute atomic E-state index is 0.0368. The summed E-state index contributed by atoms with van der Waals surface area (Å²) in [6.07, 6.45) is 1.74. The number of hydroxylamine groups is 1. The number of aryl methyl sites for hydroxylation is 1. The number of hydrogen-bond donors (Lipinski definition) is 2. The van der Waals surface area contributed by atoms with Gasteiger partial charge in [-0.2, -0.15) is 5.10 Å². The van der Waals surface area contributed by atoms with Crippen LogP contribution in [0.2, 0.25) is 0 Å². The Morgan fingerprint density at radius 3 is 2.54 bits per heavy atom. The highest BCUT2D eigenvalue weighted by molar-refractivity contribution is 5.90. The third-order valence-electron chi connectivity index (χ3n) is 6.54. The lowest BCUT2D eigenvalue weighted by atomic mass is 9.92. The lowest BCUT2D eigenvalue weighted by Crippen LogP contribution is -2.41. The van der Waals surface area contributed by atoms with Crippen molar-refractivity contribution in [2.45, 2.75) is 39.7 Å². The van der Waals surface area contributed by atoms with Crippen LogP contribution in [-0.4, -0.2) is 29.1 Å². The number of carbonyl (C=O) groups is 1. The van der Waals surface area contributed by atoms with Crippen molar-refractivity contribution in [2.24, 2.45) is 5.10 Å². The number of rotatable bonds is 6. The molecule has 1 aliphatic heterocycles. The fourth-order valence-corrected chi connectivity index (χ4v) is 4.30. The summed E-state index contributed by atoms with van der Waals surface area (Å²) in [5, 5.41) is 15.0. The van der Waals surface area contributed by atoms with Crippen LogP contribution in [0.1, 0.15) is 43.2 Å². The summed E-state index contributed by atoms with van der Waals surface area (Å²) in [5.41, 5.74) is 4.86. The number of aromatic nitrogens is 2. The standard InChI is InChI=1S/C30H31FN6O2/c1-20-10-13-24(14-11-20)36-28(17-27(35-36)30(2,3)4)34-29(38)32-18-22-16-23(31)12-15-26(22)39-37(5)25-9-7-6-8-21(25)19-33-37/h6-17,19H,18H2,1-5H3,(H-,32,34,35,38)/p+1. The third kappa shape index (κ3) is 5.53. The van der Waals surface area contributed by atoms with Gasteiger partial charge in [0.25, 0.3) is 0 Å². The van der Waals surface area contributed by atoms with Crippen LogP contribution in [0.5, 0.6) is 5.75 Å². The molecule has 1 aromatic heterocycles. The Hall–Kier alpha value is -4.50. The predicted octanol–water partition coefficient (Wildman–Crippen LogP) is 6.22. The van der Waals surface area contributed by atoms with E-state index in [9.17, 15) is 9.18 Å². The minimum atomic E-state index is -0.455. The molecule has 39 heavy (non-hydrogen) atoms. The third-order valence-corrected chi connectivity index (χ3v) is 6.54. The SMILES string of the molecule is Cc1ccc(-n2nc(C(C)(C)C)cc2NC(=O)NCc2cc(F)ccc2O[N+]2(C)N=Cc3ccccc32)cc1. The van der Waals surface area contributed by atoms with E-state index < -0.39 is 11.8 Å². The monoisotopic (exact) mass is 527 g/mol. The molecule has 200 valence electrons. The van der Waals surface area contributed by atoms with Crippen molar-refractivity contribution in [1.82, 2.24) is 19.9 Å². The van der Waals surface area contributed by atoms with E-state index >= 15 is 0 Å². The maximum absolute atomic E-state index is 14.2. The van der Waals surface area contributed by atoms with E-state index in [-0.39, 0.29) is 16.7 Å². The van der Waals surface area contributed by atoms with Crippen LogP contribution in [0.25, 0.3) is 5.69 Å². The highest BCUT2D eigenvalue weighted by Crippen LogP contribution is 2.33. The Labute approximate surface area is 227 Å². The highest BCUT2D eigenvalue weighted by Gasteiger charge is 2.36. The van der Waals surface area contributed by atoms with Crippen molar-refractivity contribution in [3.63, 3.8) is 0 Å². The zero-order valence-corrected chi connectivity index (χ0v) is 22.7. The maximum Gasteiger partial charge on any atom is 0.320 e. The molecule has 1 aliphatic rings. The van der Waals surface area contributed by atoms with Crippen molar-refractivity contribution in [1.29, 1.82) is 0 Å². The van der Waals surface area contributed by atoms with Gasteiger partial charge in [0, 0.05) is 34.4 Å². The van der Waals surface area contributed by atoms with E-state index in [2.05, 4.69) is 36.5 Å². The number of hydrogen-bond acceptors (Lipinski definition) is 4. The maximum atomic E-state index is 14.2. The molecular formula is C30H32FN6O2+. The van der Waals surface area contributed by atoms with Crippen LogP contribution in [0.4, 0.5) is 20.7 Å². The zero-order valence-electron chi connectivity index (χ0n) is 22.7. The largest absolute Gasteiger partial charge is 0.334 e. The molecule has 3 aromatic carbocycles. The molecule has 0 bridgehead atoms. The van der Waals surface area contributed by atoms with E-state index in [4.69, 9.17) is 9.94 Å². The summed E-state index contributed by atoms with van der Waals surface area (Å²) in [4.78, 5) is 19.3. The topological polar surface area (TPSA) is 80.5 Å². The number of fused-ring (bicyclic) bond motifs is 1. The molecule has 0 saturated carbocycles. The van der Waals surface area contributed by atoms with Crippen molar-refractivity contribution >= 4 is 23.8 Å². The molecule has 0 radical (unpaired) electrons. The van der Waals surface area contributed by atoms with Gasteiger partial charge in [-0.05, 0) is 48.4 Å². The van der Waals surface area contributed by atoms with Gasteiger partial charge >= 0.3 is 6.03 Å². The van der Waals surface area contributed by atoms with Crippen LogP contribution in [-0.2, 0) is 12.0 Å². The first-order valence-electron chi connectivity index (χ1n) is 12.7. The molecule has 0 fully saturated rings. The Morgan fingerprint density at radius 1 is 1.05 bits per heavy atom. The molecule has 4 aromatic rings. The number of benzene rings is 3. The fraction of sp³-hybridized carbons (Fsp3) is 0.233. The second kappa shape index (κ2) is 9.99. The van der Waals surface area contributed by atoms with E-state index in [1.165, 1.54) is 12.1 Å². The van der Waals surface area contributed by atoms with Gasteiger partial charge in [0.2, 0.25) is 5.69 Å². The average Bonchev–Trinajstić information content (AvgIpc) is 3.46. The number of nitrogens with one attached hydrogen (secondary N) is 2. The van der Waals surface area contributed by atoms with Crippen LogP contribution >= 0.6 is 0 Å². The predicted molar refractivity (Wildman–Crippen MR) is 152 cm³/mol. The Bertz CT molecular complexity index is 1550. The number of nitrogens with zero attached hydrogens (tertiary/aromatic N) is 4. The van der Waals surface area contributed by atoms with E-state index in [1.807, 2.05) is 61.5 Å². The van der Waals surface area contributed by atoms with Crippen molar-refractivity contribution in [2.75, 3.05) is 12.4 Å². The Balaban J connectivity index is 1.34. The van der Waals surface area contributed by atoms with Gasteiger partial charge in [-0.15, -0.1) is 0 Å². The van der Waals surface area contributed by atoms with E-state index in [0.717, 1.165) is 28.2 Å². The highest BCUT2D eigenvalue weighted by atomic mass is 19.1. The van der Waals surface area contributed by atoms with Crippen molar-refractivity contribution in [3.8, 4) is 11.4 Å². The fourth-order valence-electron chi connectivity index (χ4n) is 4.30. The number of carbonyl (C=O) groups excluding carboxylic acids is 1. The summed E-state index contributed by atoms with van der Waals surface area (Å²) < 4.78 is 15.8. The molecule has 0 aliphatic carbocycles. The summed E-state index contributed by atoms with van der Waals surface area (Å²) in [5.74, 6) is 0.505. The summed E-state index contributed by atoms with van der Waals surface area (Å²) >= 11 is 0. The smallest absolute Gasteiger partial charge is 0.320 e. The first-order valence-corrected chi connectivity index (χ1v) is 12.7. The van der Waals surface area contributed by atoms with Crippen LogP contribution < -0.4 is 20.2 Å². The number of para-hydroxylation sites is 1. The number of urea groups is 1.